The van der Waals surface area contributed by atoms with E-state index in [1.807, 2.05) is 54.6 Å². The number of anilines is 1. The van der Waals surface area contributed by atoms with Gasteiger partial charge in [0, 0.05) is 11.1 Å². The van der Waals surface area contributed by atoms with Crippen LogP contribution in [0.15, 0.2) is 66.7 Å². The summed E-state index contributed by atoms with van der Waals surface area (Å²) in [7, 11) is 1.58. The zero-order chi connectivity index (χ0) is 22.7. The van der Waals surface area contributed by atoms with Crippen molar-refractivity contribution in [3.63, 3.8) is 0 Å². The maximum absolute atomic E-state index is 12.6. The van der Waals surface area contributed by atoms with E-state index in [2.05, 4.69) is 34.4 Å². The summed E-state index contributed by atoms with van der Waals surface area (Å²) in [4.78, 5) is 20.5. The zero-order valence-electron chi connectivity index (χ0n) is 18.1. The number of thiocarbonyl (C=S) groups is 1. The number of carbonyl (C=O) groups excluding carboxylic acids is 1. The molecule has 1 aromatic heterocycles. The van der Waals surface area contributed by atoms with Crippen molar-refractivity contribution in [3.05, 3.63) is 77.9 Å². The molecular weight excluding hydrogens is 420 g/mol. The average Bonchev–Trinajstić information content (AvgIpc) is 3.23. The highest BCUT2D eigenvalue weighted by atomic mass is 32.1. The molecule has 0 aliphatic heterocycles. The van der Waals surface area contributed by atoms with Crippen molar-refractivity contribution in [1.29, 1.82) is 0 Å². The Labute approximate surface area is 192 Å². The maximum Gasteiger partial charge on any atom is 0.257 e. The monoisotopic (exact) mass is 444 g/mol. The third kappa shape index (κ3) is 4.63. The number of H-pyrrole nitrogens is 1. The first-order valence-corrected chi connectivity index (χ1v) is 10.7. The lowest BCUT2D eigenvalue weighted by molar-refractivity contribution is 0.0977. The summed E-state index contributed by atoms with van der Waals surface area (Å²) in [6.45, 7) is 4.22. The maximum atomic E-state index is 12.6. The average molecular weight is 445 g/mol. The van der Waals surface area contributed by atoms with E-state index < -0.39 is 0 Å². The van der Waals surface area contributed by atoms with Crippen molar-refractivity contribution in [2.75, 3.05) is 12.4 Å². The number of para-hydroxylation sites is 2. The highest BCUT2D eigenvalue weighted by molar-refractivity contribution is 7.80. The predicted molar refractivity (Wildman–Crippen MR) is 132 cm³/mol. The Kier molecular flexibility index (Phi) is 6.18. The Morgan fingerprint density at radius 1 is 1.06 bits per heavy atom. The van der Waals surface area contributed by atoms with Gasteiger partial charge in [-0.25, -0.2) is 4.98 Å². The molecule has 3 aromatic carbocycles. The number of aromatic nitrogens is 2. The molecule has 3 N–H and O–H groups in total. The van der Waals surface area contributed by atoms with Gasteiger partial charge in [-0.05, 0) is 66.2 Å². The summed E-state index contributed by atoms with van der Waals surface area (Å²) in [6.07, 6.45) is 0. The smallest absolute Gasteiger partial charge is 0.257 e. The molecular formula is C25H24N4O2S. The number of imidazole rings is 1. The molecule has 1 amide bonds. The van der Waals surface area contributed by atoms with Gasteiger partial charge < -0.3 is 15.0 Å². The molecule has 32 heavy (non-hydrogen) atoms. The highest BCUT2D eigenvalue weighted by Crippen LogP contribution is 2.30. The summed E-state index contributed by atoms with van der Waals surface area (Å²) in [5, 5.41) is 5.98. The molecule has 4 aromatic rings. The van der Waals surface area contributed by atoms with Gasteiger partial charge in [-0.3, -0.25) is 10.1 Å². The van der Waals surface area contributed by atoms with E-state index >= 15 is 0 Å². The second-order valence-corrected chi connectivity index (χ2v) is 8.11. The summed E-state index contributed by atoms with van der Waals surface area (Å²) in [6, 6.07) is 21.0. The van der Waals surface area contributed by atoms with Crippen LogP contribution in [0, 0.1) is 0 Å². The number of amides is 1. The first kappa shape index (κ1) is 21.5. The number of fused-ring (bicyclic) bond motifs is 1. The molecule has 6 nitrogen and oxygen atoms in total. The molecule has 0 aliphatic carbocycles. The van der Waals surface area contributed by atoms with E-state index in [-0.39, 0.29) is 11.0 Å². The molecule has 0 atom stereocenters. The molecule has 7 heteroatoms. The van der Waals surface area contributed by atoms with Gasteiger partial charge in [0.25, 0.3) is 5.91 Å². The number of benzene rings is 3. The normalized spacial score (nSPS) is 10.9. The van der Waals surface area contributed by atoms with Crippen LogP contribution in [0.1, 0.15) is 35.7 Å². The van der Waals surface area contributed by atoms with Gasteiger partial charge in [0.1, 0.15) is 11.6 Å². The fourth-order valence-corrected chi connectivity index (χ4v) is 3.59. The topological polar surface area (TPSA) is 79.0 Å². The number of carbonyl (C=O) groups is 1. The Bertz CT molecular complexity index is 1250. The molecule has 162 valence electrons. The number of methoxy groups -OCH3 is 1. The second-order valence-electron chi connectivity index (χ2n) is 7.70. The first-order valence-electron chi connectivity index (χ1n) is 10.3. The van der Waals surface area contributed by atoms with Crippen LogP contribution in [0.3, 0.4) is 0 Å². The lowest BCUT2D eigenvalue weighted by atomic mass is 10.0. The van der Waals surface area contributed by atoms with Crippen molar-refractivity contribution >= 4 is 40.0 Å². The summed E-state index contributed by atoms with van der Waals surface area (Å²) in [5.74, 6) is 1.46. The molecule has 0 saturated carbocycles. The number of hydrogen-bond acceptors (Lipinski definition) is 4. The molecule has 1 heterocycles. The Morgan fingerprint density at radius 3 is 2.50 bits per heavy atom. The minimum absolute atomic E-state index is 0.183. The van der Waals surface area contributed by atoms with Crippen LogP contribution in [0.25, 0.3) is 22.4 Å². The molecule has 0 radical (unpaired) electrons. The van der Waals surface area contributed by atoms with E-state index in [4.69, 9.17) is 17.0 Å². The van der Waals surface area contributed by atoms with Gasteiger partial charge in [-0.15, -0.1) is 0 Å². The van der Waals surface area contributed by atoms with Crippen LogP contribution in [0.5, 0.6) is 5.75 Å². The van der Waals surface area contributed by atoms with Crippen LogP contribution in [-0.4, -0.2) is 28.1 Å². The quantitative estimate of drug-likeness (QED) is 0.355. The number of nitrogens with one attached hydrogen (secondary N) is 3. The van der Waals surface area contributed by atoms with Gasteiger partial charge in [-0.1, -0.05) is 38.1 Å². The Morgan fingerprint density at radius 2 is 1.81 bits per heavy atom. The fourth-order valence-electron chi connectivity index (χ4n) is 3.39. The second kappa shape index (κ2) is 9.20. The van der Waals surface area contributed by atoms with Crippen LogP contribution in [-0.2, 0) is 0 Å². The first-order chi connectivity index (χ1) is 15.4. The lowest BCUT2D eigenvalue weighted by Gasteiger charge is -2.14. The number of hydrogen-bond donors (Lipinski definition) is 3. The van der Waals surface area contributed by atoms with Crippen molar-refractivity contribution in [3.8, 4) is 17.1 Å². The minimum atomic E-state index is -0.273. The summed E-state index contributed by atoms with van der Waals surface area (Å²) in [5.41, 5.74) is 5.06. The van der Waals surface area contributed by atoms with Crippen LogP contribution >= 0.6 is 12.2 Å². The highest BCUT2D eigenvalue weighted by Gasteiger charge is 2.13. The standard InChI is InChI=1S/C25H24N4O2S/c1-15(2)16-8-10-17(11-9-16)24(30)29-25(32)28-21-14-18(12-13-22(21)31-3)23-26-19-6-4-5-7-20(19)27-23/h4-15H,1-3H3,(H,26,27)(H2,28,29,30,32). The van der Waals surface area contributed by atoms with Crippen LogP contribution in [0.4, 0.5) is 5.69 Å². The van der Waals surface area contributed by atoms with Gasteiger partial charge in [-0.2, -0.15) is 0 Å². The Hall–Kier alpha value is -3.71. The van der Waals surface area contributed by atoms with E-state index in [1.54, 1.807) is 19.2 Å². The van der Waals surface area contributed by atoms with Crippen molar-refractivity contribution in [2.24, 2.45) is 0 Å². The largest absolute Gasteiger partial charge is 0.495 e. The number of aromatic amines is 1. The summed E-state index contributed by atoms with van der Waals surface area (Å²) >= 11 is 5.38. The third-order valence-corrected chi connectivity index (χ3v) is 5.38. The molecule has 0 saturated heterocycles. The van der Waals surface area contributed by atoms with Crippen molar-refractivity contribution < 1.29 is 9.53 Å². The van der Waals surface area contributed by atoms with E-state index in [1.165, 1.54) is 5.56 Å². The van der Waals surface area contributed by atoms with Crippen LogP contribution in [0.2, 0.25) is 0 Å². The summed E-state index contributed by atoms with van der Waals surface area (Å²) < 4.78 is 5.46. The fraction of sp³-hybridized carbons (Fsp3) is 0.160. The molecule has 0 unspecified atom stereocenters. The molecule has 4 rings (SSSR count). The van der Waals surface area contributed by atoms with E-state index in [0.29, 0.717) is 22.9 Å². The minimum Gasteiger partial charge on any atom is -0.495 e. The molecule has 0 spiro atoms. The van der Waals surface area contributed by atoms with Crippen molar-refractivity contribution in [1.82, 2.24) is 15.3 Å². The SMILES string of the molecule is COc1ccc(-c2nc3ccccc3[nH]2)cc1NC(=S)NC(=O)c1ccc(C(C)C)cc1. The lowest BCUT2D eigenvalue weighted by Crippen LogP contribution is -2.34. The molecule has 0 bridgehead atoms. The van der Waals surface area contributed by atoms with Gasteiger partial charge >= 0.3 is 0 Å². The number of rotatable bonds is 5. The van der Waals surface area contributed by atoms with Gasteiger partial charge in [0.05, 0.1) is 23.8 Å². The zero-order valence-corrected chi connectivity index (χ0v) is 18.9. The van der Waals surface area contributed by atoms with Gasteiger partial charge in [0.2, 0.25) is 0 Å². The van der Waals surface area contributed by atoms with Crippen LogP contribution < -0.4 is 15.4 Å². The van der Waals surface area contributed by atoms with Crippen molar-refractivity contribution in [2.45, 2.75) is 19.8 Å². The van der Waals surface area contributed by atoms with E-state index in [0.717, 1.165) is 22.4 Å². The molecule has 0 fully saturated rings. The predicted octanol–water partition coefficient (Wildman–Crippen LogP) is 5.49. The molecule has 0 aliphatic rings. The Balaban J connectivity index is 1.51. The number of nitrogens with zero attached hydrogens (tertiary/aromatic N) is 1. The van der Waals surface area contributed by atoms with E-state index in [9.17, 15) is 4.79 Å². The third-order valence-electron chi connectivity index (χ3n) is 5.18. The number of ether oxygens (including phenoxy) is 1. The van der Waals surface area contributed by atoms with Gasteiger partial charge in [0.15, 0.2) is 5.11 Å².